The molecule has 9 aromatic rings. The summed E-state index contributed by atoms with van der Waals surface area (Å²) in [6.07, 6.45) is 0. The van der Waals surface area contributed by atoms with Gasteiger partial charge in [0.25, 0.3) is 0 Å². The molecule has 0 atom stereocenters. The van der Waals surface area contributed by atoms with Crippen LogP contribution >= 0.6 is 11.3 Å². The van der Waals surface area contributed by atoms with Gasteiger partial charge < -0.3 is 4.42 Å². The second-order valence-electron chi connectivity index (χ2n) is 11.3. The zero-order valence-corrected chi connectivity index (χ0v) is 25.4. The van der Waals surface area contributed by atoms with E-state index in [1.807, 2.05) is 48.5 Å². The van der Waals surface area contributed by atoms with Crippen molar-refractivity contribution >= 4 is 42.6 Å². The van der Waals surface area contributed by atoms with Crippen molar-refractivity contribution in [2.24, 2.45) is 0 Å². The first-order valence-electron chi connectivity index (χ1n) is 15.2. The zero-order chi connectivity index (χ0) is 30.5. The van der Waals surface area contributed by atoms with E-state index in [9.17, 15) is 0 Å². The van der Waals surface area contributed by atoms with E-state index in [-0.39, 0.29) is 0 Å². The third-order valence-corrected chi connectivity index (χ3v) is 9.47. The van der Waals surface area contributed by atoms with E-state index in [2.05, 4.69) is 103 Å². The van der Waals surface area contributed by atoms with Crippen molar-refractivity contribution in [1.82, 2.24) is 15.0 Å². The third kappa shape index (κ3) is 4.66. The second-order valence-corrected chi connectivity index (χ2v) is 12.3. The fourth-order valence-electron chi connectivity index (χ4n) is 6.11. The monoisotopic (exact) mass is 607 g/mol. The lowest BCUT2D eigenvalue weighted by molar-refractivity contribution is 0.620. The highest BCUT2D eigenvalue weighted by Gasteiger charge is 2.17. The van der Waals surface area contributed by atoms with Gasteiger partial charge in [0.2, 0.25) is 5.89 Å². The van der Waals surface area contributed by atoms with Crippen LogP contribution in [0.3, 0.4) is 0 Å². The summed E-state index contributed by atoms with van der Waals surface area (Å²) in [6.45, 7) is 0. The van der Waals surface area contributed by atoms with Gasteiger partial charge in [0, 0.05) is 42.4 Å². The SMILES string of the molecule is c1ccc(-c2cccc(-c3cc(-c4cccc5sc6ccc(-c7nc8ccccc8o7)cc6c45)nc(-c4ccccc4)n3)c2)cc1. The van der Waals surface area contributed by atoms with Gasteiger partial charge in [0.15, 0.2) is 11.4 Å². The molecule has 0 aliphatic heterocycles. The summed E-state index contributed by atoms with van der Waals surface area (Å²) in [5, 5.41) is 2.32. The Labute approximate surface area is 269 Å². The summed E-state index contributed by atoms with van der Waals surface area (Å²) >= 11 is 1.79. The Kier molecular flexibility index (Phi) is 6.28. The highest BCUT2D eigenvalue weighted by molar-refractivity contribution is 7.26. The molecule has 46 heavy (non-hydrogen) atoms. The van der Waals surface area contributed by atoms with Crippen LogP contribution in [-0.2, 0) is 0 Å². The first-order valence-corrected chi connectivity index (χ1v) is 16.0. The number of hydrogen-bond acceptors (Lipinski definition) is 5. The summed E-state index contributed by atoms with van der Waals surface area (Å²) in [5.41, 5.74) is 9.76. The number of fused-ring (bicyclic) bond motifs is 4. The molecule has 0 unspecified atom stereocenters. The van der Waals surface area contributed by atoms with Crippen LogP contribution in [0.25, 0.3) is 87.8 Å². The Morgan fingerprint density at radius 2 is 1.17 bits per heavy atom. The molecule has 0 fully saturated rings. The topological polar surface area (TPSA) is 51.8 Å². The van der Waals surface area contributed by atoms with E-state index < -0.39 is 0 Å². The van der Waals surface area contributed by atoms with Gasteiger partial charge in [-0.15, -0.1) is 11.3 Å². The van der Waals surface area contributed by atoms with Crippen molar-refractivity contribution < 1.29 is 4.42 Å². The molecule has 3 heterocycles. The minimum atomic E-state index is 0.619. The Hall–Kier alpha value is -5.91. The number of nitrogens with zero attached hydrogens (tertiary/aromatic N) is 3. The lowest BCUT2D eigenvalue weighted by Gasteiger charge is -2.11. The van der Waals surface area contributed by atoms with Crippen molar-refractivity contribution in [3.63, 3.8) is 0 Å². The number of aromatic nitrogens is 3. The molecule has 0 aliphatic rings. The van der Waals surface area contributed by atoms with Gasteiger partial charge in [0.1, 0.15) is 5.52 Å². The largest absolute Gasteiger partial charge is 0.436 e. The first-order chi connectivity index (χ1) is 22.8. The maximum atomic E-state index is 6.15. The second kappa shape index (κ2) is 10.9. The Balaban J connectivity index is 1.25. The van der Waals surface area contributed by atoms with Gasteiger partial charge in [-0.25, -0.2) is 15.0 Å². The van der Waals surface area contributed by atoms with Crippen molar-refractivity contribution in [3.8, 4) is 56.5 Å². The third-order valence-electron chi connectivity index (χ3n) is 8.34. The van der Waals surface area contributed by atoms with Crippen LogP contribution in [0.5, 0.6) is 0 Å². The smallest absolute Gasteiger partial charge is 0.227 e. The van der Waals surface area contributed by atoms with Crippen molar-refractivity contribution in [3.05, 3.63) is 152 Å². The van der Waals surface area contributed by atoms with Gasteiger partial charge in [-0.1, -0.05) is 103 Å². The molecule has 0 spiro atoms. The Morgan fingerprint density at radius 3 is 2.02 bits per heavy atom. The lowest BCUT2D eigenvalue weighted by atomic mass is 9.99. The first kappa shape index (κ1) is 26.5. The Bertz CT molecular complexity index is 2500. The maximum absolute atomic E-state index is 6.15. The number of rotatable bonds is 5. The molecular formula is C41H25N3OS. The van der Waals surface area contributed by atoms with Crippen LogP contribution in [0.2, 0.25) is 0 Å². The van der Waals surface area contributed by atoms with E-state index in [4.69, 9.17) is 19.4 Å². The van der Waals surface area contributed by atoms with Crippen LogP contribution in [-0.4, -0.2) is 15.0 Å². The molecule has 0 radical (unpaired) electrons. The van der Waals surface area contributed by atoms with E-state index in [0.29, 0.717) is 11.7 Å². The summed E-state index contributed by atoms with van der Waals surface area (Å²) in [5.74, 6) is 1.32. The maximum Gasteiger partial charge on any atom is 0.227 e. The minimum Gasteiger partial charge on any atom is -0.436 e. The molecule has 5 heteroatoms. The molecule has 0 saturated carbocycles. The summed E-state index contributed by atoms with van der Waals surface area (Å²) in [7, 11) is 0. The van der Waals surface area contributed by atoms with Gasteiger partial charge in [-0.05, 0) is 59.7 Å². The predicted octanol–water partition coefficient (Wildman–Crippen LogP) is 11.3. The molecular weight excluding hydrogens is 583 g/mol. The van der Waals surface area contributed by atoms with Crippen LogP contribution in [0.1, 0.15) is 0 Å². The normalized spacial score (nSPS) is 11.5. The lowest BCUT2D eigenvalue weighted by Crippen LogP contribution is -1.96. The number of hydrogen-bond donors (Lipinski definition) is 0. The number of oxazole rings is 1. The van der Waals surface area contributed by atoms with E-state index in [1.54, 1.807) is 11.3 Å². The summed E-state index contributed by atoms with van der Waals surface area (Å²) in [6, 6.07) is 52.2. The van der Waals surface area contributed by atoms with Crippen LogP contribution < -0.4 is 0 Å². The zero-order valence-electron chi connectivity index (χ0n) is 24.6. The van der Waals surface area contributed by atoms with Crippen molar-refractivity contribution in [1.29, 1.82) is 0 Å². The standard InChI is InChI=1S/C41H25N3OS/c1-3-11-26(12-4-1)28-15-9-16-29(23-28)34-25-35(43-40(42-34)27-13-5-2-6-14-27)31-17-10-20-38-39(31)32-24-30(21-22-37(32)46-38)41-44-33-18-7-8-19-36(33)45-41/h1-25H. The predicted molar refractivity (Wildman–Crippen MR) is 190 cm³/mol. The van der Waals surface area contributed by atoms with Crippen LogP contribution in [0.15, 0.2) is 156 Å². The van der Waals surface area contributed by atoms with Crippen LogP contribution in [0, 0.1) is 0 Å². The van der Waals surface area contributed by atoms with E-state index >= 15 is 0 Å². The van der Waals surface area contributed by atoms with Gasteiger partial charge in [-0.2, -0.15) is 0 Å². The highest BCUT2D eigenvalue weighted by atomic mass is 32.1. The highest BCUT2D eigenvalue weighted by Crippen LogP contribution is 2.42. The Morgan fingerprint density at radius 1 is 0.457 bits per heavy atom. The van der Waals surface area contributed by atoms with Gasteiger partial charge in [-0.3, -0.25) is 0 Å². The average Bonchev–Trinajstić information content (AvgIpc) is 3.74. The average molecular weight is 608 g/mol. The molecule has 0 N–H and O–H groups in total. The molecule has 0 amide bonds. The van der Waals surface area contributed by atoms with E-state index in [1.165, 1.54) is 20.3 Å². The molecule has 4 nitrogen and oxygen atoms in total. The molecule has 3 aromatic heterocycles. The van der Waals surface area contributed by atoms with Gasteiger partial charge in [0.05, 0.1) is 11.4 Å². The molecule has 6 aromatic carbocycles. The molecule has 9 rings (SSSR count). The minimum absolute atomic E-state index is 0.619. The van der Waals surface area contributed by atoms with Gasteiger partial charge >= 0.3 is 0 Å². The van der Waals surface area contributed by atoms with Crippen molar-refractivity contribution in [2.45, 2.75) is 0 Å². The summed E-state index contributed by atoms with van der Waals surface area (Å²) in [4.78, 5) is 15.1. The fraction of sp³-hybridized carbons (Fsp3) is 0. The summed E-state index contributed by atoms with van der Waals surface area (Å²) < 4.78 is 8.56. The fourth-order valence-corrected chi connectivity index (χ4v) is 7.22. The quantitative estimate of drug-likeness (QED) is 0.195. The van der Waals surface area contributed by atoms with Crippen molar-refractivity contribution in [2.75, 3.05) is 0 Å². The van der Waals surface area contributed by atoms with Crippen LogP contribution in [0.4, 0.5) is 0 Å². The number of thiophene rings is 1. The number of para-hydroxylation sites is 2. The van der Waals surface area contributed by atoms with E-state index in [0.717, 1.165) is 55.7 Å². The molecule has 0 saturated heterocycles. The molecule has 216 valence electrons. The molecule has 0 aliphatic carbocycles. The molecule has 0 bridgehead atoms. The number of benzene rings is 6.